The minimum Gasteiger partial charge on any atom is -0.493 e. The van der Waals surface area contributed by atoms with Crippen LogP contribution in [0.1, 0.15) is 17.5 Å². The van der Waals surface area contributed by atoms with Crippen molar-refractivity contribution in [2.45, 2.75) is 17.8 Å². The lowest BCUT2D eigenvalue weighted by Gasteiger charge is -2.34. The largest absolute Gasteiger partial charge is 0.493 e. The van der Waals surface area contributed by atoms with Gasteiger partial charge in [-0.3, -0.25) is 4.79 Å². The highest BCUT2D eigenvalue weighted by molar-refractivity contribution is 7.99. The maximum Gasteiger partial charge on any atom is 0.230 e. The molecule has 5 heteroatoms. The van der Waals surface area contributed by atoms with Crippen molar-refractivity contribution in [3.8, 4) is 5.75 Å². The van der Waals surface area contributed by atoms with Crippen molar-refractivity contribution >= 4 is 17.7 Å². The van der Waals surface area contributed by atoms with E-state index in [1.54, 1.807) is 11.8 Å². The third-order valence-electron chi connectivity index (χ3n) is 4.08. The first-order valence-corrected chi connectivity index (χ1v) is 9.16. The Balaban J connectivity index is 1.49. The van der Waals surface area contributed by atoms with Gasteiger partial charge in [0.25, 0.3) is 0 Å². The first kappa shape index (κ1) is 16.9. The number of hydrogen-bond donors (Lipinski definition) is 2. The molecule has 1 amide bonds. The second-order valence-electron chi connectivity index (χ2n) is 5.88. The quantitative estimate of drug-likeness (QED) is 0.847. The summed E-state index contributed by atoms with van der Waals surface area (Å²) in [6.07, 6.45) is 0.474. The molecule has 0 saturated heterocycles. The molecular weight excluding hydrogens is 322 g/mol. The Bertz CT molecular complexity index is 692. The standard InChI is InChI=1S/C19H21NO3S/c21-18(13-24-12-15-6-2-1-3-7-15)20-14-19(22)10-11-23-17-9-5-4-8-16(17)19/h1-9,22H,10-14H2,(H,20,21)/t19-/m0/s1. The lowest BCUT2D eigenvalue weighted by molar-refractivity contribution is -0.120. The van der Waals surface area contributed by atoms with E-state index in [1.807, 2.05) is 54.6 Å². The minimum atomic E-state index is -1.06. The van der Waals surface area contributed by atoms with E-state index >= 15 is 0 Å². The van der Waals surface area contributed by atoms with Gasteiger partial charge in [0.05, 0.1) is 18.9 Å². The van der Waals surface area contributed by atoms with Crippen molar-refractivity contribution in [2.75, 3.05) is 18.9 Å². The molecule has 1 heterocycles. The Hall–Kier alpha value is -1.98. The van der Waals surface area contributed by atoms with E-state index in [0.29, 0.717) is 24.5 Å². The van der Waals surface area contributed by atoms with Crippen molar-refractivity contribution in [3.05, 3.63) is 65.7 Å². The summed E-state index contributed by atoms with van der Waals surface area (Å²) in [4.78, 5) is 12.1. The number of hydrogen-bond acceptors (Lipinski definition) is 4. The molecule has 2 aromatic rings. The van der Waals surface area contributed by atoms with Crippen LogP contribution in [0.25, 0.3) is 0 Å². The first-order chi connectivity index (χ1) is 11.7. The van der Waals surface area contributed by atoms with E-state index in [0.717, 1.165) is 11.3 Å². The van der Waals surface area contributed by atoms with Gasteiger partial charge in [-0.15, -0.1) is 11.8 Å². The second-order valence-corrected chi connectivity index (χ2v) is 6.87. The molecule has 0 spiro atoms. The van der Waals surface area contributed by atoms with Crippen LogP contribution in [0.15, 0.2) is 54.6 Å². The summed E-state index contributed by atoms with van der Waals surface area (Å²) < 4.78 is 5.56. The van der Waals surface area contributed by atoms with Crippen LogP contribution in [0.5, 0.6) is 5.75 Å². The average Bonchev–Trinajstić information content (AvgIpc) is 2.62. The minimum absolute atomic E-state index is 0.0617. The van der Waals surface area contributed by atoms with E-state index in [2.05, 4.69) is 5.32 Å². The van der Waals surface area contributed by atoms with E-state index in [-0.39, 0.29) is 12.5 Å². The van der Waals surface area contributed by atoms with Gasteiger partial charge in [0.15, 0.2) is 0 Å². The number of aliphatic hydroxyl groups is 1. The van der Waals surface area contributed by atoms with E-state index in [9.17, 15) is 9.90 Å². The maximum absolute atomic E-state index is 12.1. The molecule has 0 fully saturated rings. The van der Waals surface area contributed by atoms with Gasteiger partial charge in [-0.2, -0.15) is 0 Å². The van der Waals surface area contributed by atoms with E-state index in [4.69, 9.17) is 4.74 Å². The van der Waals surface area contributed by atoms with Crippen LogP contribution >= 0.6 is 11.8 Å². The van der Waals surface area contributed by atoms with Crippen LogP contribution in [-0.2, 0) is 16.1 Å². The fraction of sp³-hybridized carbons (Fsp3) is 0.316. The summed E-state index contributed by atoms with van der Waals surface area (Å²) >= 11 is 1.57. The number of carbonyl (C=O) groups is 1. The summed E-state index contributed by atoms with van der Waals surface area (Å²) in [7, 11) is 0. The fourth-order valence-corrected chi connectivity index (χ4v) is 3.57. The number of para-hydroxylation sites is 1. The predicted molar refractivity (Wildman–Crippen MR) is 96.1 cm³/mol. The van der Waals surface area contributed by atoms with Gasteiger partial charge in [0.1, 0.15) is 11.4 Å². The molecule has 1 atom stereocenters. The van der Waals surface area contributed by atoms with Crippen LogP contribution in [0, 0.1) is 0 Å². The third-order valence-corrected chi connectivity index (χ3v) is 5.09. The monoisotopic (exact) mass is 343 g/mol. The molecule has 0 saturated carbocycles. The molecule has 1 aliphatic heterocycles. The van der Waals surface area contributed by atoms with Crippen LogP contribution in [0.3, 0.4) is 0 Å². The average molecular weight is 343 g/mol. The fourth-order valence-electron chi connectivity index (χ4n) is 2.76. The lowest BCUT2D eigenvalue weighted by Crippen LogP contribution is -2.44. The van der Waals surface area contributed by atoms with Gasteiger partial charge in [-0.25, -0.2) is 0 Å². The van der Waals surface area contributed by atoms with Crippen LogP contribution in [-0.4, -0.2) is 29.9 Å². The molecule has 0 radical (unpaired) electrons. The number of rotatable bonds is 6. The third kappa shape index (κ3) is 4.10. The number of fused-ring (bicyclic) bond motifs is 1. The van der Waals surface area contributed by atoms with E-state index in [1.165, 1.54) is 5.56 Å². The van der Waals surface area contributed by atoms with Crippen LogP contribution in [0.2, 0.25) is 0 Å². The first-order valence-electron chi connectivity index (χ1n) is 8.00. The SMILES string of the molecule is O=C(CSCc1ccccc1)NC[C@@]1(O)CCOc2ccccc21. The van der Waals surface area contributed by atoms with Crippen molar-refractivity contribution < 1.29 is 14.6 Å². The Kier molecular flexibility index (Phi) is 5.43. The molecule has 0 bridgehead atoms. The Morgan fingerprint density at radius 3 is 2.75 bits per heavy atom. The van der Waals surface area contributed by atoms with Crippen molar-refractivity contribution in [2.24, 2.45) is 0 Å². The molecule has 0 aliphatic carbocycles. The zero-order valence-electron chi connectivity index (χ0n) is 13.4. The predicted octanol–water partition coefficient (Wildman–Crippen LogP) is 2.71. The van der Waals surface area contributed by atoms with Gasteiger partial charge in [-0.1, -0.05) is 48.5 Å². The van der Waals surface area contributed by atoms with Crippen LogP contribution in [0.4, 0.5) is 0 Å². The highest BCUT2D eigenvalue weighted by atomic mass is 32.2. The number of benzene rings is 2. The van der Waals surface area contributed by atoms with Crippen LogP contribution < -0.4 is 10.1 Å². The zero-order chi connectivity index (χ0) is 16.8. The summed E-state index contributed by atoms with van der Waals surface area (Å²) in [5.74, 6) is 1.81. The molecule has 0 unspecified atom stereocenters. The Labute approximate surface area is 146 Å². The van der Waals surface area contributed by atoms with Crippen molar-refractivity contribution in [1.82, 2.24) is 5.32 Å². The molecule has 2 aromatic carbocycles. The maximum atomic E-state index is 12.1. The second kappa shape index (κ2) is 7.73. The van der Waals surface area contributed by atoms with Crippen molar-refractivity contribution in [1.29, 1.82) is 0 Å². The van der Waals surface area contributed by atoms with E-state index < -0.39 is 5.60 Å². The zero-order valence-corrected chi connectivity index (χ0v) is 14.2. The molecular formula is C19H21NO3S. The summed E-state index contributed by atoms with van der Waals surface area (Å²) in [6, 6.07) is 17.5. The Morgan fingerprint density at radius 2 is 1.92 bits per heavy atom. The van der Waals surface area contributed by atoms with Gasteiger partial charge in [0, 0.05) is 17.7 Å². The van der Waals surface area contributed by atoms with Gasteiger partial charge in [-0.05, 0) is 11.6 Å². The smallest absolute Gasteiger partial charge is 0.230 e. The summed E-state index contributed by atoms with van der Waals surface area (Å²) in [5, 5.41) is 13.7. The number of nitrogens with one attached hydrogen (secondary N) is 1. The van der Waals surface area contributed by atoms with Crippen molar-refractivity contribution in [3.63, 3.8) is 0 Å². The molecule has 0 aromatic heterocycles. The van der Waals surface area contributed by atoms with Gasteiger partial charge >= 0.3 is 0 Å². The summed E-state index contributed by atoms with van der Waals surface area (Å²) in [6.45, 7) is 0.657. The normalized spacial score (nSPS) is 19.2. The number of thioether (sulfide) groups is 1. The molecule has 2 N–H and O–H groups in total. The topological polar surface area (TPSA) is 58.6 Å². The lowest BCUT2D eigenvalue weighted by atomic mass is 9.88. The number of ether oxygens (including phenoxy) is 1. The highest BCUT2D eigenvalue weighted by Crippen LogP contribution is 2.36. The number of amides is 1. The van der Waals surface area contributed by atoms with Gasteiger partial charge < -0.3 is 15.2 Å². The molecule has 4 nitrogen and oxygen atoms in total. The van der Waals surface area contributed by atoms with Gasteiger partial charge in [0.2, 0.25) is 5.91 Å². The molecule has 126 valence electrons. The summed E-state index contributed by atoms with van der Waals surface area (Å²) in [5.41, 5.74) is 0.884. The molecule has 24 heavy (non-hydrogen) atoms. The number of carbonyl (C=O) groups excluding carboxylic acids is 1. The highest BCUT2D eigenvalue weighted by Gasteiger charge is 2.35. The molecule has 1 aliphatic rings. The Morgan fingerprint density at radius 1 is 1.17 bits per heavy atom. The molecule has 3 rings (SSSR count).